The highest BCUT2D eigenvalue weighted by atomic mass is 35.5. The van der Waals surface area contributed by atoms with E-state index < -0.39 is 20.9 Å². The van der Waals surface area contributed by atoms with Crippen LogP contribution >= 0.6 is 23.2 Å². The summed E-state index contributed by atoms with van der Waals surface area (Å²) in [6.07, 6.45) is 4.65. The number of imidazole rings is 1. The van der Waals surface area contributed by atoms with Gasteiger partial charge in [0.1, 0.15) is 11.4 Å². The van der Waals surface area contributed by atoms with Crippen molar-refractivity contribution in [2.45, 2.75) is 98.0 Å². The van der Waals surface area contributed by atoms with Gasteiger partial charge in [-0.3, -0.25) is 0 Å². The van der Waals surface area contributed by atoms with Crippen LogP contribution in [0.2, 0.25) is 10.0 Å². The van der Waals surface area contributed by atoms with Crippen molar-refractivity contribution in [2.24, 2.45) is 0 Å². The minimum Gasteiger partial charge on any atom is -0.384 e. The third-order valence-electron chi connectivity index (χ3n) is 6.83. The molecule has 1 unspecified atom stereocenters. The first-order chi connectivity index (χ1) is 21.8. The average molecular weight is 690 g/mol. The molecule has 0 saturated heterocycles. The van der Waals surface area contributed by atoms with Crippen molar-refractivity contribution in [3.8, 4) is 16.8 Å². The third-order valence-corrected chi connectivity index (χ3v) is 8.57. The molecule has 0 saturated carbocycles. The maximum absolute atomic E-state index is 12.0. The van der Waals surface area contributed by atoms with Crippen LogP contribution in [-0.4, -0.2) is 29.3 Å². The van der Waals surface area contributed by atoms with Crippen molar-refractivity contribution < 1.29 is 13.5 Å². The number of benzene rings is 3. The van der Waals surface area contributed by atoms with Gasteiger partial charge >= 0.3 is 0 Å². The second-order valence-corrected chi connectivity index (χ2v) is 13.2. The first-order valence-electron chi connectivity index (χ1n) is 15.9. The molecule has 1 aromatic heterocycles. The van der Waals surface area contributed by atoms with Gasteiger partial charge in [-0.05, 0) is 74.7 Å². The number of rotatable bonds is 8. The van der Waals surface area contributed by atoms with Gasteiger partial charge in [-0.15, -0.1) is 13.2 Å². The molecule has 0 fully saturated rings. The summed E-state index contributed by atoms with van der Waals surface area (Å²) in [6, 6.07) is 20.2. The maximum Gasteiger partial charge on any atom is 0.175 e. The molecule has 1 atom stereocenters. The molecule has 46 heavy (non-hydrogen) atoms. The number of halogens is 2. The Kier molecular flexibility index (Phi) is 18.4. The third kappa shape index (κ3) is 10.6. The van der Waals surface area contributed by atoms with Crippen molar-refractivity contribution in [2.75, 3.05) is 6.26 Å². The summed E-state index contributed by atoms with van der Waals surface area (Å²) in [5.74, 6) is 0.721. The minimum atomic E-state index is -3.31. The molecule has 0 aliphatic heterocycles. The summed E-state index contributed by atoms with van der Waals surface area (Å²) < 4.78 is 26.1. The Morgan fingerprint density at radius 1 is 0.826 bits per heavy atom. The lowest BCUT2D eigenvalue weighted by atomic mass is 9.77. The lowest BCUT2D eigenvalue weighted by Crippen LogP contribution is -2.29. The molecule has 4 aromatic rings. The SMILES string of the molecule is C=C.CC.CC.CC.CCCC(C)(c1c(Cl)cccc1Cl)c1nc(C(C)(C)O)cn1-c1ccc(-c2cccc(S(C)(=O)=O)c2)cc1. The molecule has 254 valence electrons. The van der Waals surface area contributed by atoms with Crippen molar-refractivity contribution in [1.82, 2.24) is 9.55 Å². The van der Waals surface area contributed by atoms with E-state index in [4.69, 9.17) is 28.2 Å². The van der Waals surface area contributed by atoms with Crippen LogP contribution < -0.4 is 0 Å². The molecule has 1 N–H and O–H groups in total. The van der Waals surface area contributed by atoms with E-state index in [0.717, 1.165) is 41.0 Å². The molecule has 5 nitrogen and oxygen atoms in total. The Labute approximate surface area is 289 Å². The second-order valence-electron chi connectivity index (χ2n) is 10.4. The first-order valence-corrected chi connectivity index (χ1v) is 18.6. The van der Waals surface area contributed by atoms with Gasteiger partial charge in [0.05, 0.1) is 16.0 Å². The summed E-state index contributed by atoms with van der Waals surface area (Å²) in [7, 11) is -3.31. The summed E-state index contributed by atoms with van der Waals surface area (Å²) in [4.78, 5) is 5.23. The molecule has 0 bridgehead atoms. The van der Waals surface area contributed by atoms with E-state index in [0.29, 0.717) is 15.7 Å². The molecule has 0 spiro atoms. The van der Waals surface area contributed by atoms with Crippen LogP contribution in [0.1, 0.15) is 99.2 Å². The normalized spacial score (nSPS) is 12.0. The minimum absolute atomic E-state index is 0.276. The smallest absolute Gasteiger partial charge is 0.175 e. The fourth-order valence-corrected chi connectivity index (χ4v) is 6.34. The van der Waals surface area contributed by atoms with Crippen molar-refractivity contribution in [3.05, 3.63) is 113 Å². The van der Waals surface area contributed by atoms with Crippen molar-refractivity contribution >= 4 is 33.0 Å². The fourth-order valence-electron chi connectivity index (χ4n) is 4.86. The van der Waals surface area contributed by atoms with E-state index in [1.54, 1.807) is 32.0 Å². The molecule has 0 radical (unpaired) electrons. The molecule has 3 aromatic carbocycles. The van der Waals surface area contributed by atoms with Crippen molar-refractivity contribution in [3.63, 3.8) is 0 Å². The lowest BCUT2D eigenvalue weighted by molar-refractivity contribution is 0.0740. The zero-order valence-corrected chi connectivity index (χ0v) is 31.9. The molecular formula is C38H54Cl2N2O3S. The highest BCUT2D eigenvalue weighted by Crippen LogP contribution is 2.44. The Hall–Kier alpha value is -2.90. The summed E-state index contributed by atoms with van der Waals surface area (Å²) in [5.41, 5.74) is 2.06. The van der Waals surface area contributed by atoms with E-state index >= 15 is 0 Å². The lowest BCUT2D eigenvalue weighted by Gasteiger charge is -2.32. The van der Waals surface area contributed by atoms with E-state index in [9.17, 15) is 13.5 Å². The van der Waals surface area contributed by atoms with Crippen molar-refractivity contribution in [1.29, 1.82) is 0 Å². The second kappa shape index (κ2) is 19.7. The number of hydrogen-bond acceptors (Lipinski definition) is 4. The highest BCUT2D eigenvalue weighted by Gasteiger charge is 2.38. The standard InChI is InChI=1S/C30H32Cl2N2O3S.3C2H6.C2H4/c1-6-17-30(4,27-24(31)11-8-12-25(27)32)28-33-26(29(2,3)35)19-34(28)22-15-13-20(14-16-22)21-9-7-10-23(18-21)38(5,36)37;4*1-2/h7-16,18-19,35H,6,17H2,1-5H3;3*1-2H3;1-2H2. The molecule has 1 heterocycles. The summed E-state index contributed by atoms with van der Waals surface area (Å²) in [6.45, 7) is 25.6. The largest absolute Gasteiger partial charge is 0.384 e. The Morgan fingerprint density at radius 2 is 1.33 bits per heavy atom. The quantitative estimate of drug-likeness (QED) is 0.187. The summed E-state index contributed by atoms with van der Waals surface area (Å²) >= 11 is 13.4. The number of aliphatic hydroxyl groups is 1. The average Bonchev–Trinajstić information content (AvgIpc) is 3.52. The van der Waals surface area contributed by atoms with Crippen LogP contribution in [0.25, 0.3) is 16.8 Å². The van der Waals surface area contributed by atoms with Gasteiger partial charge in [0, 0.05) is 33.7 Å². The summed E-state index contributed by atoms with van der Waals surface area (Å²) in [5, 5.41) is 12.0. The van der Waals surface area contributed by atoms with Gasteiger partial charge in [-0.2, -0.15) is 0 Å². The van der Waals surface area contributed by atoms with Crippen LogP contribution in [-0.2, 0) is 20.9 Å². The van der Waals surface area contributed by atoms with Gasteiger partial charge in [0.15, 0.2) is 9.84 Å². The van der Waals surface area contributed by atoms with Gasteiger partial charge < -0.3 is 9.67 Å². The molecule has 0 amide bonds. The molecule has 0 aliphatic rings. The van der Waals surface area contributed by atoms with Crippen LogP contribution in [0, 0.1) is 0 Å². The van der Waals surface area contributed by atoms with Crippen LogP contribution in [0.15, 0.2) is 91.0 Å². The molecule has 4 rings (SSSR count). The predicted octanol–water partition coefficient (Wildman–Crippen LogP) is 11.5. The number of sulfone groups is 1. The van der Waals surface area contributed by atoms with Crippen LogP contribution in [0.4, 0.5) is 0 Å². The number of aromatic nitrogens is 2. The molecule has 8 heteroatoms. The Morgan fingerprint density at radius 3 is 1.78 bits per heavy atom. The van der Waals surface area contributed by atoms with Crippen LogP contribution in [0.3, 0.4) is 0 Å². The monoisotopic (exact) mass is 688 g/mol. The zero-order valence-electron chi connectivity index (χ0n) is 29.6. The topological polar surface area (TPSA) is 72.2 Å². The number of nitrogens with zero attached hydrogens (tertiary/aromatic N) is 2. The van der Waals surface area contributed by atoms with E-state index in [1.165, 1.54) is 6.26 Å². The van der Waals surface area contributed by atoms with Gasteiger partial charge in [-0.25, -0.2) is 13.4 Å². The van der Waals surface area contributed by atoms with E-state index in [-0.39, 0.29) is 4.90 Å². The van der Waals surface area contributed by atoms with Gasteiger partial charge in [0.2, 0.25) is 0 Å². The van der Waals surface area contributed by atoms with Gasteiger partial charge in [0.25, 0.3) is 0 Å². The Balaban J connectivity index is 0.00000235. The van der Waals surface area contributed by atoms with Crippen LogP contribution in [0.5, 0.6) is 0 Å². The predicted molar refractivity (Wildman–Crippen MR) is 200 cm³/mol. The fraction of sp³-hybridized carbons (Fsp3) is 0.395. The zero-order chi connectivity index (χ0) is 35.9. The van der Waals surface area contributed by atoms with E-state index in [2.05, 4.69) is 27.0 Å². The molecule has 0 aliphatic carbocycles. The Bertz CT molecular complexity index is 1570. The maximum atomic E-state index is 12.0. The molecular weight excluding hydrogens is 635 g/mol. The van der Waals surface area contributed by atoms with Gasteiger partial charge in [-0.1, -0.05) is 108 Å². The first kappa shape index (κ1) is 43.1. The van der Waals surface area contributed by atoms with E-state index in [1.807, 2.05) is 101 Å². The number of hydrogen-bond donors (Lipinski definition) is 1. The highest BCUT2D eigenvalue weighted by molar-refractivity contribution is 7.90.